The quantitative estimate of drug-likeness (QED) is 0.566. The highest BCUT2D eigenvalue weighted by Gasteiger charge is 2.05. The molecule has 0 fully saturated rings. The Morgan fingerprint density at radius 3 is 2.22 bits per heavy atom. The zero-order valence-corrected chi connectivity index (χ0v) is 10.9. The summed E-state index contributed by atoms with van der Waals surface area (Å²) in [6.07, 6.45) is 6.68. The predicted octanol–water partition coefficient (Wildman–Crippen LogP) is 3.55. The summed E-state index contributed by atoms with van der Waals surface area (Å²) < 4.78 is 0. The van der Waals surface area contributed by atoms with Crippen LogP contribution in [0.4, 0.5) is 0 Å². The average Bonchev–Trinajstić information content (AvgIpc) is 2.37. The second-order valence-electron chi connectivity index (χ2n) is 3.71. The zero-order valence-electron chi connectivity index (χ0n) is 10.2. The summed E-state index contributed by atoms with van der Waals surface area (Å²) in [5.74, 6) is -0.0650. The van der Waals surface area contributed by atoms with Crippen molar-refractivity contribution in [1.82, 2.24) is 4.90 Å². The normalized spacial score (nSPS) is 10.3. The number of rotatable bonds is 6. The molecular formula is C15H16ClNO. The van der Waals surface area contributed by atoms with E-state index in [1.807, 2.05) is 12.1 Å². The first-order valence-electron chi connectivity index (χ1n) is 5.61. The maximum Gasteiger partial charge on any atom is 0.247 e. The molecular weight excluding hydrogens is 246 g/mol. The highest BCUT2D eigenvalue weighted by molar-refractivity contribution is 6.30. The third-order valence-corrected chi connectivity index (χ3v) is 2.55. The molecule has 18 heavy (non-hydrogen) atoms. The van der Waals surface area contributed by atoms with Gasteiger partial charge in [-0.25, -0.2) is 0 Å². The van der Waals surface area contributed by atoms with E-state index in [1.54, 1.807) is 35.3 Å². The SMILES string of the molecule is C=CCN(CC=C)C(=O)/C=C/c1ccc(Cl)cc1. The van der Waals surface area contributed by atoms with Gasteiger partial charge in [0, 0.05) is 24.2 Å². The average molecular weight is 262 g/mol. The van der Waals surface area contributed by atoms with E-state index in [1.165, 1.54) is 6.08 Å². The lowest BCUT2D eigenvalue weighted by atomic mass is 10.2. The Hall–Kier alpha value is -1.80. The molecule has 0 spiro atoms. The third kappa shape index (κ3) is 4.60. The molecule has 0 saturated heterocycles. The van der Waals surface area contributed by atoms with E-state index < -0.39 is 0 Å². The maximum absolute atomic E-state index is 11.9. The highest BCUT2D eigenvalue weighted by Crippen LogP contribution is 2.10. The zero-order chi connectivity index (χ0) is 13.4. The lowest BCUT2D eigenvalue weighted by Gasteiger charge is -2.16. The molecule has 1 rings (SSSR count). The third-order valence-electron chi connectivity index (χ3n) is 2.30. The molecule has 0 aromatic heterocycles. The lowest BCUT2D eigenvalue weighted by molar-refractivity contribution is -0.124. The van der Waals surface area contributed by atoms with Crippen LogP contribution in [0.2, 0.25) is 5.02 Å². The molecule has 0 unspecified atom stereocenters. The van der Waals surface area contributed by atoms with Crippen molar-refractivity contribution in [3.63, 3.8) is 0 Å². The minimum atomic E-state index is -0.0650. The number of hydrogen-bond acceptors (Lipinski definition) is 1. The van der Waals surface area contributed by atoms with E-state index in [9.17, 15) is 4.79 Å². The first-order valence-corrected chi connectivity index (χ1v) is 5.99. The summed E-state index contributed by atoms with van der Waals surface area (Å²) in [7, 11) is 0. The number of halogens is 1. The standard InChI is InChI=1S/C15H16ClNO/c1-3-11-17(12-4-2)15(18)10-7-13-5-8-14(16)9-6-13/h3-10H,1-2,11-12H2/b10-7+. The number of nitrogens with zero attached hydrogens (tertiary/aromatic N) is 1. The van der Waals surface area contributed by atoms with Crippen molar-refractivity contribution < 1.29 is 4.79 Å². The minimum absolute atomic E-state index is 0.0650. The van der Waals surface area contributed by atoms with Gasteiger partial charge in [-0.15, -0.1) is 13.2 Å². The van der Waals surface area contributed by atoms with Gasteiger partial charge in [0.15, 0.2) is 0 Å². The van der Waals surface area contributed by atoms with Gasteiger partial charge in [-0.1, -0.05) is 35.9 Å². The van der Waals surface area contributed by atoms with E-state index in [0.29, 0.717) is 18.1 Å². The van der Waals surface area contributed by atoms with Crippen LogP contribution in [0.5, 0.6) is 0 Å². The van der Waals surface area contributed by atoms with Gasteiger partial charge in [0.05, 0.1) is 0 Å². The van der Waals surface area contributed by atoms with E-state index in [4.69, 9.17) is 11.6 Å². The Kier molecular flexibility index (Phi) is 5.95. The molecule has 0 N–H and O–H groups in total. The van der Waals surface area contributed by atoms with Gasteiger partial charge in [0.2, 0.25) is 5.91 Å². The van der Waals surface area contributed by atoms with Gasteiger partial charge >= 0.3 is 0 Å². The van der Waals surface area contributed by atoms with Crippen LogP contribution in [0.15, 0.2) is 55.7 Å². The van der Waals surface area contributed by atoms with Gasteiger partial charge in [-0.2, -0.15) is 0 Å². The molecule has 94 valence electrons. The summed E-state index contributed by atoms with van der Waals surface area (Å²) in [4.78, 5) is 13.5. The molecule has 0 aliphatic heterocycles. The van der Waals surface area contributed by atoms with Gasteiger partial charge in [0.1, 0.15) is 0 Å². The molecule has 0 bridgehead atoms. The smallest absolute Gasteiger partial charge is 0.247 e. The van der Waals surface area contributed by atoms with E-state index >= 15 is 0 Å². The largest absolute Gasteiger partial charge is 0.332 e. The summed E-state index contributed by atoms with van der Waals surface area (Å²) in [5, 5.41) is 0.679. The van der Waals surface area contributed by atoms with Crippen LogP contribution in [0, 0.1) is 0 Å². The molecule has 0 saturated carbocycles. The molecule has 3 heteroatoms. The van der Waals surface area contributed by atoms with Crippen molar-refractivity contribution in [2.24, 2.45) is 0 Å². The van der Waals surface area contributed by atoms with Gasteiger partial charge in [0.25, 0.3) is 0 Å². The molecule has 2 nitrogen and oxygen atoms in total. The maximum atomic E-state index is 11.9. The number of amides is 1. The summed E-state index contributed by atoms with van der Waals surface area (Å²) >= 11 is 5.79. The van der Waals surface area contributed by atoms with Crippen LogP contribution in [-0.2, 0) is 4.79 Å². The van der Waals surface area contributed by atoms with Crippen molar-refractivity contribution >= 4 is 23.6 Å². The first kappa shape index (κ1) is 14.3. The van der Waals surface area contributed by atoms with Crippen molar-refractivity contribution in [1.29, 1.82) is 0 Å². The van der Waals surface area contributed by atoms with Crippen LogP contribution in [-0.4, -0.2) is 23.9 Å². The summed E-state index contributed by atoms with van der Waals surface area (Å²) in [6.45, 7) is 8.27. The second kappa shape index (κ2) is 7.51. The summed E-state index contributed by atoms with van der Waals surface area (Å²) in [5.41, 5.74) is 0.935. The highest BCUT2D eigenvalue weighted by atomic mass is 35.5. The Bertz CT molecular complexity index is 438. The Morgan fingerprint density at radius 1 is 1.17 bits per heavy atom. The van der Waals surface area contributed by atoms with Crippen LogP contribution in [0.1, 0.15) is 5.56 Å². The molecule has 0 heterocycles. The molecule has 1 aromatic carbocycles. The molecule has 0 atom stereocenters. The monoisotopic (exact) mass is 261 g/mol. The second-order valence-corrected chi connectivity index (χ2v) is 4.14. The fourth-order valence-electron chi connectivity index (χ4n) is 1.41. The number of benzene rings is 1. The Labute approximate surface area is 113 Å². The van der Waals surface area contributed by atoms with Crippen LogP contribution in [0.25, 0.3) is 6.08 Å². The number of hydrogen-bond donors (Lipinski definition) is 0. The topological polar surface area (TPSA) is 20.3 Å². The molecule has 0 aliphatic carbocycles. The first-order chi connectivity index (χ1) is 8.67. The molecule has 1 aromatic rings. The van der Waals surface area contributed by atoms with E-state index in [2.05, 4.69) is 13.2 Å². The van der Waals surface area contributed by atoms with Gasteiger partial charge in [-0.05, 0) is 23.8 Å². The minimum Gasteiger partial charge on any atom is -0.332 e. The van der Waals surface area contributed by atoms with Gasteiger partial charge < -0.3 is 4.90 Å². The van der Waals surface area contributed by atoms with Crippen LogP contribution >= 0.6 is 11.6 Å². The van der Waals surface area contributed by atoms with Crippen LogP contribution in [0.3, 0.4) is 0 Å². The van der Waals surface area contributed by atoms with Crippen molar-refractivity contribution in [2.45, 2.75) is 0 Å². The fraction of sp³-hybridized carbons (Fsp3) is 0.133. The fourth-order valence-corrected chi connectivity index (χ4v) is 1.54. The number of carbonyl (C=O) groups is 1. The van der Waals surface area contributed by atoms with Crippen molar-refractivity contribution in [2.75, 3.05) is 13.1 Å². The van der Waals surface area contributed by atoms with Crippen molar-refractivity contribution in [3.05, 3.63) is 66.2 Å². The Morgan fingerprint density at radius 2 is 1.72 bits per heavy atom. The number of carbonyl (C=O) groups excluding carboxylic acids is 1. The summed E-state index contributed by atoms with van der Waals surface area (Å²) in [6, 6.07) is 7.29. The molecule has 0 aliphatic rings. The molecule has 0 radical (unpaired) electrons. The van der Waals surface area contributed by atoms with E-state index in [-0.39, 0.29) is 5.91 Å². The molecule has 1 amide bonds. The predicted molar refractivity (Wildman–Crippen MR) is 77.5 cm³/mol. The van der Waals surface area contributed by atoms with Crippen molar-refractivity contribution in [3.8, 4) is 0 Å². The lowest BCUT2D eigenvalue weighted by Crippen LogP contribution is -2.29. The van der Waals surface area contributed by atoms with E-state index in [0.717, 1.165) is 5.56 Å². The van der Waals surface area contributed by atoms with Crippen LogP contribution < -0.4 is 0 Å². The van der Waals surface area contributed by atoms with Gasteiger partial charge in [-0.3, -0.25) is 4.79 Å². The Balaban J connectivity index is 2.69.